The lowest BCUT2D eigenvalue weighted by molar-refractivity contribution is -0.386. The van der Waals surface area contributed by atoms with E-state index in [0.717, 1.165) is 0 Å². The van der Waals surface area contributed by atoms with Crippen molar-refractivity contribution >= 4 is 27.6 Å². The number of rotatable bonds is 2. The van der Waals surface area contributed by atoms with Crippen molar-refractivity contribution in [2.75, 3.05) is 0 Å². The highest BCUT2D eigenvalue weighted by Gasteiger charge is 2.39. The van der Waals surface area contributed by atoms with Gasteiger partial charge in [0.1, 0.15) is 5.92 Å². The lowest BCUT2D eigenvalue weighted by Crippen LogP contribution is -2.27. The number of phenolic OH excluding ortho intramolecular Hbond substituents is 1. The zero-order chi connectivity index (χ0) is 15.1. The number of esters is 1. The third-order valence-corrected chi connectivity index (χ3v) is 3.63. The molecular formula is C10H6BrN5O5. The Balaban J connectivity index is 2.12. The minimum Gasteiger partial charge on any atom is -0.501 e. The van der Waals surface area contributed by atoms with Gasteiger partial charge in [0.15, 0.2) is 5.82 Å². The number of hydrogen-bond donors (Lipinski definition) is 2. The van der Waals surface area contributed by atoms with Crippen molar-refractivity contribution in [3.05, 3.63) is 32.0 Å². The van der Waals surface area contributed by atoms with Gasteiger partial charge in [-0.1, -0.05) is 5.21 Å². The first-order valence-electron chi connectivity index (χ1n) is 5.62. The second-order valence-electron chi connectivity index (χ2n) is 4.25. The molecule has 1 atom stereocenters. The van der Waals surface area contributed by atoms with Crippen molar-refractivity contribution in [2.45, 2.75) is 12.3 Å². The number of tetrazole rings is 1. The van der Waals surface area contributed by atoms with Gasteiger partial charge in [-0.25, -0.2) is 0 Å². The molecule has 1 unspecified atom stereocenters. The number of aromatic nitrogens is 4. The van der Waals surface area contributed by atoms with Gasteiger partial charge in [-0.2, -0.15) is 5.21 Å². The van der Waals surface area contributed by atoms with Crippen LogP contribution < -0.4 is 4.74 Å². The molecule has 2 aromatic rings. The largest absolute Gasteiger partial charge is 0.501 e. The fourth-order valence-electron chi connectivity index (χ4n) is 2.08. The summed E-state index contributed by atoms with van der Waals surface area (Å²) in [5.41, 5.74) is -0.264. The van der Waals surface area contributed by atoms with E-state index < -0.39 is 28.2 Å². The summed E-state index contributed by atoms with van der Waals surface area (Å²) in [5, 5.41) is 33.8. The summed E-state index contributed by atoms with van der Waals surface area (Å²) < 4.78 is 5.15. The zero-order valence-electron chi connectivity index (χ0n) is 10.1. The number of fused-ring (bicyclic) bond motifs is 1. The maximum absolute atomic E-state index is 12.0. The SMILES string of the molecule is O=C1Oc2c(cc(Br)c(O)c2[N+](=O)[O-])CC1c1nn[nH]n1. The highest BCUT2D eigenvalue weighted by molar-refractivity contribution is 9.10. The lowest BCUT2D eigenvalue weighted by Gasteiger charge is -2.21. The van der Waals surface area contributed by atoms with Crippen LogP contribution in [0.15, 0.2) is 10.5 Å². The first kappa shape index (κ1) is 13.4. The minimum absolute atomic E-state index is 0.105. The van der Waals surface area contributed by atoms with Crippen LogP contribution in [0.5, 0.6) is 11.5 Å². The molecule has 0 radical (unpaired) electrons. The first-order chi connectivity index (χ1) is 9.99. The number of nitrogens with zero attached hydrogens (tertiary/aromatic N) is 4. The Kier molecular flexibility index (Phi) is 3.05. The number of halogens is 1. The molecular weight excluding hydrogens is 350 g/mol. The second-order valence-corrected chi connectivity index (χ2v) is 5.10. The standard InChI is InChI=1S/C10H6BrN5O5/c11-5-2-3-1-4(9-12-14-15-13-9)10(18)21-8(3)6(7(5)17)16(19)20/h2,4,17H,1H2,(H,12,13,14,15). The molecule has 0 aliphatic carbocycles. The van der Waals surface area contributed by atoms with Crippen LogP contribution in [-0.2, 0) is 11.2 Å². The van der Waals surface area contributed by atoms with Crippen LogP contribution in [0.1, 0.15) is 17.3 Å². The number of benzene rings is 1. The fourth-order valence-corrected chi connectivity index (χ4v) is 2.55. The molecule has 2 heterocycles. The van der Waals surface area contributed by atoms with E-state index in [1.54, 1.807) is 0 Å². The number of phenols is 1. The molecule has 1 aromatic heterocycles. The van der Waals surface area contributed by atoms with E-state index in [4.69, 9.17) is 4.74 Å². The Bertz CT molecular complexity index is 747. The molecule has 21 heavy (non-hydrogen) atoms. The maximum atomic E-state index is 12.0. The van der Waals surface area contributed by atoms with Gasteiger partial charge in [0.2, 0.25) is 11.5 Å². The molecule has 108 valence electrons. The van der Waals surface area contributed by atoms with Crippen LogP contribution in [0, 0.1) is 10.1 Å². The van der Waals surface area contributed by atoms with Gasteiger partial charge in [0.25, 0.3) is 0 Å². The number of H-pyrrole nitrogens is 1. The summed E-state index contributed by atoms with van der Waals surface area (Å²) in [7, 11) is 0. The molecule has 2 N–H and O–H groups in total. The Hall–Kier alpha value is -2.56. The van der Waals surface area contributed by atoms with Gasteiger partial charge >= 0.3 is 11.7 Å². The topological polar surface area (TPSA) is 144 Å². The van der Waals surface area contributed by atoms with Gasteiger partial charge in [-0.15, -0.1) is 10.2 Å². The average molecular weight is 356 g/mol. The highest BCUT2D eigenvalue weighted by Crippen LogP contribution is 2.47. The monoisotopic (exact) mass is 355 g/mol. The molecule has 1 aliphatic rings. The van der Waals surface area contributed by atoms with E-state index >= 15 is 0 Å². The molecule has 0 amide bonds. The number of nitro benzene ring substituents is 1. The van der Waals surface area contributed by atoms with E-state index in [1.165, 1.54) is 6.07 Å². The smallest absolute Gasteiger partial charge is 0.354 e. The first-order valence-corrected chi connectivity index (χ1v) is 6.42. The van der Waals surface area contributed by atoms with E-state index in [-0.39, 0.29) is 22.5 Å². The van der Waals surface area contributed by atoms with E-state index in [2.05, 4.69) is 36.6 Å². The lowest BCUT2D eigenvalue weighted by atomic mass is 9.94. The molecule has 3 rings (SSSR count). The van der Waals surface area contributed by atoms with Gasteiger partial charge in [-0.05, 0) is 28.4 Å². The van der Waals surface area contributed by atoms with Gasteiger partial charge < -0.3 is 9.84 Å². The predicted molar refractivity (Wildman–Crippen MR) is 68.7 cm³/mol. The summed E-state index contributed by atoms with van der Waals surface area (Å²) in [5.74, 6) is -2.27. The minimum atomic E-state index is -0.813. The molecule has 1 aliphatic heterocycles. The number of hydrogen-bond acceptors (Lipinski definition) is 8. The predicted octanol–water partition coefficient (Wildman–Crippen LogP) is 0.821. The Morgan fingerprint density at radius 1 is 1.57 bits per heavy atom. The van der Waals surface area contributed by atoms with Crippen molar-refractivity contribution < 1.29 is 19.6 Å². The summed E-state index contributed by atoms with van der Waals surface area (Å²) in [6.07, 6.45) is 0.105. The summed E-state index contributed by atoms with van der Waals surface area (Å²) in [4.78, 5) is 22.2. The van der Waals surface area contributed by atoms with E-state index in [9.17, 15) is 20.0 Å². The van der Waals surface area contributed by atoms with Crippen LogP contribution >= 0.6 is 15.9 Å². The van der Waals surface area contributed by atoms with Crippen LogP contribution in [0.2, 0.25) is 0 Å². The van der Waals surface area contributed by atoms with Crippen LogP contribution in [0.4, 0.5) is 5.69 Å². The maximum Gasteiger partial charge on any atom is 0.354 e. The number of nitrogens with one attached hydrogen (secondary N) is 1. The number of nitro groups is 1. The Morgan fingerprint density at radius 3 is 2.95 bits per heavy atom. The zero-order valence-corrected chi connectivity index (χ0v) is 11.7. The van der Waals surface area contributed by atoms with Crippen molar-refractivity contribution in [1.82, 2.24) is 20.6 Å². The molecule has 0 saturated carbocycles. The molecule has 0 bridgehead atoms. The molecule has 0 saturated heterocycles. The molecule has 0 spiro atoms. The van der Waals surface area contributed by atoms with Crippen LogP contribution in [-0.4, -0.2) is 36.6 Å². The highest BCUT2D eigenvalue weighted by atomic mass is 79.9. The third kappa shape index (κ3) is 2.11. The van der Waals surface area contributed by atoms with Crippen molar-refractivity contribution in [2.24, 2.45) is 0 Å². The number of carbonyl (C=O) groups excluding carboxylic acids is 1. The number of aromatic hydroxyl groups is 1. The van der Waals surface area contributed by atoms with Crippen LogP contribution in [0.25, 0.3) is 0 Å². The molecule has 1 aromatic carbocycles. The summed E-state index contributed by atoms with van der Waals surface area (Å²) >= 11 is 3.03. The Labute approximate surface area is 124 Å². The van der Waals surface area contributed by atoms with Crippen molar-refractivity contribution in [3.63, 3.8) is 0 Å². The Morgan fingerprint density at radius 2 is 2.33 bits per heavy atom. The van der Waals surface area contributed by atoms with E-state index in [1.807, 2.05) is 0 Å². The third-order valence-electron chi connectivity index (χ3n) is 3.03. The fraction of sp³-hybridized carbons (Fsp3) is 0.200. The van der Waals surface area contributed by atoms with Gasteiger partial charge in [0.05, 0.1) is 9.40 Å². The quantitative estimate of drug-likeness (QED) is 0.348. The number of ether oxygens (including phenoxy) is 1. The average Bonchev–Trinajstić information content (AvgIpc) is 2.93. The van der Waals surface area contributed by atoms with Crippen molar-refractivity contribution in [3.8, 4) is 11.5 Å². The summed E-state index contributed by atoms with van der Waals surface area (Å²) in [6, 6.07) is 1.46. The van der Waals surface area contributed by atoms with Gasteiger partial charge in [-0.3, -0.25) is 14.9 Å². The van der Waals surface area contributed by atoms with E-state index in [0.29, 0.717) is 5.56 Å². The van der Waals surface area contributed by atoms with Crippen LogP contribution in [0.3, 0.4) is 0 Å². The molecule has 0 fully saturated rings. The molecule has 10 nitrogen and oxygen atoms in total. The second kappa shape index (κ2) is 4.77. The molecule has 11 heteroatoms. The normalized spacial score (nSPS) is 17.2. The number of carbonyl (C=O) groups is 1. The van der Waals surface area contributed by atoms with Gasteiger partial charge in [0, 0.05) is 5.56 Å². The number of aromatic amines is 1. The van der Waals surface area contributed by atoms with Crippen molar-refractivity contribution in [1.29, 1.82) is 0 Å². The summed E-state index contributed by atoms with van der Waals surface area (Å²) in [6.45, 7) is 0.